The number of likely N-dealkylation sites (N-methyl/N-ethyl adjacent to an activating group) is 1. The van der Waals surface area contributed by atoms with E-state index in [-0.39, 0.29) is 18.4 Å². The smallest absolute Gasteiger partial charge is 0.325 e. The number of rotatable bonds is 4. The van der Waals surface area contributed by atoms with Crippen LogP contribution in [0.5, 0.6) is 0 Å². The summed E-state index contributed by atoms with van der Waals surface area (Å²) >= 11 is 1.66. The lowest BCUT2D eigenvalue weighted by atomic mass is 9.95. The van der Waals surface area contributed by atoms with Gasteiger partial charge in [0.25, 0.3) is 5.91 Å². The molecule has 0 aromatic carbocycles. The molecule has 0 bridgehead atoms. The number of carbonyl (C=O) groups is 2. The third-order valence-corrected chi connectivity index (χ3v) is 4.40. The Morgan fingerprint density at radius 3 is 2.84 bits per heavy atom. The van der Waals surface area contributed by atoms with Gasteiger partial charge in [0.2, 0.25) is 0 Å². The fourth-order valence-corrected chi connectivity index (χ4v) is 3.47. The first-order valence-corrected chi connectivity index (χ1v) is 7.51. The molecule has 1 aromatic rings. The molecule has 0 fully saturated rings. The number of thiophene rings is 1. The molecule has 19 heavy (non-hydrogen) atoms. The van der Waals surface area contributed by atoms with E-state index >= 15 is 0 Å². The number of fused-ring (bicyclic) bond motifs is 1. The van der Waals surface area contributed by atoms with Gasteiger partial charge in [-0.25, -0.2) is 0 Å². The van der Waals surface area contributed by atoms with Gasteiger partial charge in [-0.1, -0.05) is 0 Å². The highest BCUT2D eigenvalue weighted by Crippen LogP contribution is 2.30. The molecule has 0 spiro atoms. The molecule has 0 saturated carbocycles. The Morgan fingerprint density at radius 1 is 1.37 bits per heavy atom. The number of hydrogen-bond acceptors (Lipinski definition) is 4. The van der Waals surface area contributed by atoms with Crippen molar-refractivity contribution in [2.45, 2.75) is 32.6 Å². The highest BCUT2D eigenvalue weighted by Gasteiger charge is 2.23. The minimum absolute atomic E-state index is 0.0112. The van der Waals surface area contributed by atoms with Crippen LogP contribution in [0.15, 0.2) is 5.38 Å². The van der Waals surface area contributed by atoms with Crippen LogP contribution < -0.4 is 0 Å². The Bertz CT molecular complexity index is 481. The largest absolute Gasteiger partial charge is 0.465 e. The summed E-state index contributed by atoms with van der Waals surface area (Å²) in [5, 5.41) is 1.93. The molecule has 0 saturated heterocycles. The van der Waals surface area contributed by atoms with Gasteiger partial charge in [-0.15, -0.1) is 11.3 Å². The van der Waals surface area contributed by atoms with Crippen LogP contribution in [0.1, 0.15) is 40.6 Å². The number of nitrogens with zero attached hydrogens (tertiary/aromatic N) is 1. The third kappa shape index (κ3) is 3.15. The SMILES string of the molecule is CCOC(=O)CN(C)C(=O)c1csc2c1CCCC2. The maximum Gasteiger partial charge on any atom is 0.325 e. The number of carbonyl (C=O) groups excluding carboxylic acids is 2. The lowest BCUT2D eigenvalue weighted by Gasteiger charge is -2.18. The topological polar surface area (TPSA) is 46.6 Å². The Kier molecular flexibility index (Phi) is 4.58. The molecular formula is C14H19NO3S. The monoisotopic (exact) mass is 281 g/mol. The second-order valence-electron chi connectivity index (χ2n) is 4.72. The molecule has 1 aliphatic rings. The highest BCUT2D eigenvalue weighted by atomic mass is 32.1. The number of esters is 1. The molecule has 0 atom stereocenters. The quantitative estimate of drug-likeness (QED) is 0.795. The summed E-state index contributed by atoms with van der Waals surface area (Å²) in [5.41, 5.74) is 1.96. The van der Waals surface area contributed by atoms with Crippen LogP contribution >= 0.6 is 11.3 Å². The molecule has 104 valence electrons. The van der Waals surface area contributed by atoms with E-state index in [2.05, 4.69) is 0 Å². The Labute approximate surface area is 117 Å². The van der Waals surface area contributed by atoms with Crippen molar-refractivity contribution in [3.8, 4) is 0 Å². The van der Waals surface area contributed by atoms with E-state index in [9.17, 15) is 9.59 Å². The van der Waals surface area contributed by atoms with Crippen LogP contribution in [0.4, 0.5) is 0 Å². The first-order chi connectivity index (χ1) is 9.13. The van der Waals surface area contributed by atoms with Gasteiger partial charge in [0.05, 0.1) is 12.2 Å². The van der Waals surface area contributed by atoms with Gasteiger partial charge in [0, 0.05) is 17.3 Å². The summed E-state index contributed by atoms with van der Waals surface area (Å²) in [5.74, 6) is -0.435. The van der Waals surface area contributed by atoms with E-state index < -0.39 is 0 Å². The van der Waals surface area contributed by atoms with E-state index in [1.54, 1.807) is 25.3 Å². The van der Waals surface area contributed by atoms with Crippen molar-refractivity contribution in [2.75, 3.05) is 20.2 Å². The normalized spacial score (nSPS) is 13.8. The number of hydrogen-bond donors (Lipinski definition) is 0. The zero-order valence-electron chi connectivity index (χ0n) is 11.4. The summed E-state index contributed by atoms with van der Waals surface area (Å²) in [6, 6.07) is 0. The molecule has 1 heterocycles. The van der Waals surface area contributed by atoms with Crippen molar-refractivity contribution in [3.63, 3.8) is 0 Å². The van der Waals surface area contributed by atoms with Gasteiger partial charge in [-0.05, 0) is 38.2 Å². The average Bonchev–Trinajstić information content (AvgIpc) is 2.81. The van der Waals surface area contributed by atoms with Crippen LogP contribution in [0, 0.1) is 0 Å². The van der Waals surface area contributed by atoms with Crippen molar-refractivity contribution in [2.24, 2.45) is 0 Å². The van der Waals surface area contributed by atoms with Gasteiger partial charge in [0.1, 0.15) is 6.54 Å². The predicted octanol–water partition coefficient (Wildman–Crippen LogP) is 2.26. The van der Waals surface area contributed by atoms with Crippen molar-refractivity contribution in [1.82, 2.24) is 4.90 Å². The molecule has 2 rings (SSSR count). The molecule has 5 heteroatoms. The van der Waals surface area contributed by atoms with Gasteiger partial charge in [-0.3, -0.25) is 9.59 Å². The molecule has 1 aromatic heterocycles. The van der Waals surface area contributed by atoms with Crippen LogP contribution in [-0.4, -0.2) is 37.0 Å². The second kappa shape index (κ2) is 6.19. The van der Waals surface area contributed by atoms with E-state index in [0.29, 0.717) is 6.61 Å². The Balaban J connectivity index is 2.07. The Hall–Kier alpha value is -1.36. The molecule has 1 aliphatic carbocycles. The standard InChI is InChI=1S/C14H19NO3S/c1-3-18-13(16)8-15(2)14(17)11-9-19-12-7-5-4-6-10(11)12/h9H,3-8H2,1-2H3. The van der Waals surface area contributed by atoms with Crippen LogP contribution in [0.2, 0.25) is 0 Å². The number of ether oxygens (including phenoxy) is 1. The lowest BCUT2D eigenvalue weighted by Crippen LogP contribution is -2.33. The van der Waals surface area contributed by atoms with Gasteiger partial charge < -0.3 is 9.64 Å². The van der Waals surface area contributed by atoms with E-state index in [0.717, 1.165) is 24.8 Å². The van der Waals surface area contributed by atoms with Gasteiger partial charge in [-0.2, -0.15) is 0 Å². The highest BCUT2D eigenvalue weighted by molar-refractivity contribution is 7.10. The molecule has 0 N–H and O–H groups in total. The summed E-state index contributed by atoms with van der Waals surface area (Å²) in [7, 11) is 1.64. The molecule has 4 nitrogen and oxygen atoms in total. The first-order valence-electron chi connectivity index (χ1n) is 6.63. The van der Waals surface area contributed by atoms with Crippen LogP contribution in [0.3, 0.4) is 0 Å². The lowest BCUT2D eigenvalue weighted by molar-refractivity contribution is -0.143. The minimum atomic E-state index is -0.359. The van der Waals surface area contributed by atoms with Crippen molar-refractivity contribution in [3.05, 3.63) is 21.4 Å². The zero-order valence-corrected chi connectivity index (χ0v) is 12.2. The number of amides is 1. The molecule has 0 aliphatic heterocycles. The van der Waals surface area contributed by atoms with E-state index in [1.807, 2.05) is 5.38 Å². The molecule has 0 unspecified atom stereocenters. The third-order valence-electron chi connectivity index (χ3n) is 3.31. The molecular weight excluding hydrogens is 262 g/mol. The summed E-state index contributed by atoms with van der Waals surface area (Å²) in [6.07, 6.45) is 4.41. The summed E-state index contributed by atoms with van der Waals surface area (Å²) in [4.78, 5) is 26.5. The van der Waals surface area contributed by atoms with E-state index in [4.69, 9.17) is 4.74 Å². The van der Waals surface area contributed by atoms with Crippen LogP contribution in [-0.2, 0) is 22.4 Å². The maximum atomic E-state index is 12.3. The number of aryl methyl sites for hydroxylation is 1. The van der Waals surface area contributed by atoms with Crippen molar-refractivity contribution < 1.29 is 14.3 Å². The molecule has 0 radical (unpaired) electrons. The fraction of sp³-hybridized carbons (Fsp3) is 0.571. The predicted molar refractivity (Wildman–Crippen MR) is 74.6 cm³/mol. The van der Waals surface area contributed by atoms with Crippen molar-refractivity contribution >= 4 is 23.2 Å². The fourth-order valence-electron chi connectivity index (χ4n) is 2.35. The summed E-state index contributed by atoms with van der Waals surface area (Å²) in [6.45, 7) is 2.11. The van der Waals surface area contributed by atoms with Gasteiger partial charge >= 0.3 is 5.97 Å². The first kappa shape index (κ1) is 14.1. The van der Waals surface area contributed by atoms with Gasteiger partial charge in [0.15, 0.2) is 0 Å². The average molecular weight is 281 g/mol. The van der Waals surface area contributed by atoms with Crippen molar-refractivity contribution in [1.29, 1.82) is 0 Å². The Morgan fingerprint density at radius 2 is 2.11 bits per heavy atom. The second-order valence-corrected chi connectivity index (χ2v) is 5.69. The summed E-state index contributed by atoms with van der Waals surface area (Å²) < 4.78 is 4.86. The molecule has 1 amide bonds. The zero-order chi connectivity index (χ0) is 13.8. The maximum absolute atomic E-state index is 12.3. The van der Waals surface area contributed by atoms with Crippen LogP contribution in [0.25, 0.3) is 0 Å². The van der Waals surface area contributed by atoms with E-state index in [1.165, 1.54) is 21.8 Å². The minimum Gasteiger partial charge on any atom is -0.465 e.